The van der Waals surface area contributed by atoms with Crippen molar-refractivity contribution in [3.05, 3.63) is 88.9 Å². The number of para-hydroxylation sites is 1. The van der Waals surface area contributed by atoms with E-state index in [0.29, 0.717) is 13.0 Å². The number of fused-ring (bicyclic) bond motifs is 1. The minimum atomic E-state index is 0.0601. The van der Waals surface area contributed by atoms with Crippen molar-refractivity contribution >= 4 is 16.8 Å². The SMILES string of the molecule is Cc1nn(Cc2ccccc2)c(C)c1CNC(=O)CCc1c[nH]c2ccccc12. The third kappa shape index (κ3) is 4.24. The van der Waals surface area contributed by atoms with Crippen LogP contribution in [-0.4, -0.2) is 20.7 Å². The molecule has 0 saturated carbocycles. The van der Waals surface area contributed by atoms with E-state index in [-0.39, 0.29) is 5.91 Å². The fourth-order valence-electron chi connectivity index (χ4n) is 3.76. The van der Waals surface area contributed by atoms with E-state index >= 15 is 0 Å². The second-order valence-corrected chi connectivity index (χ2v) is 7.43. The summed E-state index contributed by atoms with van der Waals surface area (Å²) in [5, 5.41) is 8.92. The van der Waals surface area contributed by atoms with Crippen LogP contribution in [0.2, 0.25) is 0 Å². The smallest absolute Gasteiger partial charge is 0.220 e. The zero-order valence-corrected chi connectivity index (χ0v) is 16.9. The molecule has 0 spiro atoms. The molecule has 2 aromatic heterocycles. The maximum atomic E-state index is 12.4. The van der Waals surface area contributed by atoms with Crippen LogP contribution in [0, 0.1) is 13.8 Å². The summed E-state index contributed by atoms with van der Waals surface area (Å²) in [7, 11) is 0. The van der Waals surface area contributed by atoms with Gasteiger partial charge in [-0.2, -0.15) is 5.10 Å². The molecule has 0 fully saturated rings. The van der Waals surface area contributed by atoms with E-state index < -0.39 is 0 Å². The van der Waals surface area contributed by atoms with Crippen molar-refractivity contribution in [2.24, 2.45) is 0 Å². The van der Waals surface area contributed by atoms with Crippen LogP contribution in [0.3, 0.4) is 0 Å². The van der Waals surface area contributed by atoms with Crippen LogP contribution in [0.5, 0.6) is 0 Å². The Morgan fingerprint density at radius 2 is 1.83 bits per heavy atom. The molecular weight excluding hydrogens is 360 g/mol. The fraction of sp³-hybridized carbons (Fsp3) is 0.250. The number of aryl methyl sites for hydroxylation is 2. The van der Waals surface area contributed by atoms with Crippen LogP contribution in [0.15, 0.2) is 60.8 Å². The van der Waals surface area contributed by atoms with E-state index in [2.05, 4.69) is 46.6 Å². The van der Waals surface area contributed by atoms with E-state index in [9.17, 15) is 4.79 Å². The van der Waals surface area contributed by atoms with E-state index in [1.807, 2.05) is 48.1 Å². The van der Waals surface area contributed by atoms with Gasteiger partial charge in [-0.15, -0.1) is 0 Å². The quantitative estimate of drug-likeness (QED) is 0.498. The molecule has 0 unspecified atom stereocenters. The zero-order valence-electron chi connectivity index (χ0n) is 16.9. The number of H-pyrrole nitrogens is 1. The van der Waals surface area contributed by atoms with Crippen LogP contribution in [0.25, 0.3) is 10.9 Å². The highest BCUT2D eigenvalue weighted by atomic mass is 16.1. The number of hydrogen-bond donors (Lipinski definition) is 2. The topological polar surface area (TPSA) is 62.7 Å². The van der Waals surface area contributed by atoms with Gasteiger partial charge in [0.2, 0.25) is 5.91 Å². The predicted molar refractivity (Wildman–Crippen MR) is 116 cm³/mol. The van der Waals surface area contributed by atoms with Crippen LogP contribution >= 0.6 is 0 Å². The highest BCUT2D eigenvalue weighted by Crippen LogP contribution is 2.19. The molecule has 5 heteroatoms. The Kier molecular flexibility index (Phi) is 5.47. The number of nitrogens with zero attached hydrogens (tertiary/aromatic N) is 2. The number of hydrogen-bond acceptors (Lipinski definition) is 2. The number of benzene rings is 2. The molecule has 0 aliphatic heterocycles. The van der Waals surface area contributed by atoms with E-state index in [4.69, 9.17) is 0 Å². The van der Waals surface area contributed by atoms with Crippen molar-refractivity contribution in [3.8, 4) is 0 Å². The van der Waals surface area contributed by atoms with Gasteiger partial charge in [0.15, 0.2) is 0 Å². The summed E-state index contributed by atoms with van der Waals surface area (Å²) in [5.41, 5.74) is 6.67. The largest absolute Gasteiger partial charge is 0.361 e. The molecule has 2 N–H and O–H groups in total. The summed E-state index contributed by atoms with van der Waals surface area (Å²) in [6.45, 7) is 5.32. The Bertz CT molecular complexity index is 1120. The normalized spacial score (nSPS) is 11.1. The Labute approximate surface area is 170 Å². The minimum absolute atomic E-state index is 0.0601. The maximum Gasteiger partial charge on any atom is 0.220 e. The van der Waals surface area contributed by atoms with Gasteiger partial charge in [0, 0.05) is 41.3 Å². The second kappa shape index (κ2) is 8.35. The van der Waals surface area contributed by atoms with Crippen LogP contribution in [0.4, 0.5) is 0 Å². The number of aromatic amines is 1. The fourth-order valence-corrected chi connectivity index (χ4v) is 3.76. The van der Waals surface area contributed by atoms with Gasteiger partial charge in [-0.05, 0) is 37.5 Å². The van der Waals surface area contributed by atoms with E-state index in [1.54, 1.807) is 0 Å². The Balaban J connectivity index is 1.35. The molecule has 0 aliphatic rings. The van der Waals surface area contributed by atoms with E-state index in [0.717, 1.165) is 35.4 Å². The van der Waals surface area contributed by atoms with Gasteiger partial charge >= 0.3 is 0 Å². The standard InChI is InChI=1S/C24H26N4O/c1-17-22(18(2)28(27-17)16-19-8-4-3-5-9-19)15-26-24(29)13-12-20-14-25-23-11-7-6-10-21(20)23/h3-11,14,25H,12-13,15-16H2,1-2H3,(H,26,29). The number of carbonyl (C=O) groups is 1. The molecule has 5 nitrogen and oxygen atoms in total. The molecule has 2 heterocycles. The summed E-state index contributed by atoms with van der Waals surface area (Å²) >= 11 is 0. The first-order valence-corrected chi connectivity index (χ1v) is 10.0. The number of carbonyl (C=O) groups excluding carboxylic acids is 1. The molecule has 0 bridgehead atoms. The Hall–Kier alpha value is -3.34. The van der Waals surface area contributed by atoms with Gasteiger partial charge < -0.3 is 10.3 Å². The van der Waals surface area contributed by atoms with Crippen molar-refractivity contribution in [1.29, 1.82) is 0 Å². The average molecular weight is 386 g/mol. The summed E-state index contributed by atoms with van der Waals surface area (Å²) < 4.78 is 2.01. The third-order valence-electron chi connectivity index (χ3n) is 5.47. The van der Waals surface area contributed by atoms with Gasteiger partial charge in [-0.3, -0.25) is 9.48 Å². The highest BCUT2D eigenvalue weighted by Gasteiger charge is 2.13. The van der Waals surface area contributed by atoms with E-state index in [1.165, 1.54) is 16.5 Å². The van der Waals surface area contributed by atoms with Crippen molar-refractivity contribution in [2.75, 3.05) is 0 Å². The first-order valence-electron chi connectivity index (χ1n) is 10.0. The second-order valence-electron chi connectivity index (χ2n) is 7.43. The summed E-state index contributed by atoms with van der Waals surface area (Å²) in [5.74, 6) is 0.0601. The van der Waals surface area contributed by atoms with Crippen molar-refractivity contribution in [3.63, 3.8) is 0 Å². The van der Waals surface area contributed by atoms with Crippen LogP contribution in [-0.2, 0) is 24.3 Å². The zero-order chi connectivity index (χ0) is 20.2. The van der Waals surface area contributed by atoms with Gasteiger partial charge in [0.25, 0.3) is 0 Å². The predicted octanol–water partition coefficient (Wildman–Crippen LogP) is 4.28. The van der Waals surface area contributed by atoms with Crippen LogP contribution < -0.4 is 5.32 Å². The van der Waals surface area contributed by atoms with Gasteiger partial charge in [-0.25, -0.2) is 0 Å². The lowest BCUT2D eigenvalue weighted by Crippen LogP contribution is -2.23. The summed E-state index contributed by atoms with van der Waals surface area (Å²) in [6.07, 6.45) is 3.19. The van der Waals surface area contributed by atoms with Crippen molar-refractivity contribution in [1.82, 2.24) is 20.1 Å². The number of rotatable bonds is 7. The molecule has 2 aromatic carbocycles. The molecule has 148 valence electrons. The molecule has 0 saturated heterocycles. The highest BCUT2D eigenvalue weighted by molar-refractivity contribution is 5.84. The number of aromatic nitrogens is 3. The molecule has 29 heavy (non-hydrogen) atoms. The maximum absolute atomic E-state index is 12.4. The Morgan fingerprint density at radius 1 is 1.07 bits per heavy atom. The lowest BCUT2D eigenvalue weighted by Gasteiger charge is -2.07. The number of amides is 1. The monoisotopic (exact) mass is 386 g/mol. The molecule has 0 atom stereocenters. The van der Waals surface area contributed by atoms with Crippen molar-refractivity contribution < 1.29 is 4.79 Å². The van der Waals surface area contributed by atoms with Crippen molar-refractivity contribution in [2.45, 2.75) is 39.8 Å². The molecule has 4 rings (SSSR count). The molecule has 1 amide bonds. The Morgan fingerprint density at radius 3 is 2.66 bits per heavy atom. The molecule has 0 radical (unpaired) electrons. The van der Waals surface area contributed by atoms with Gasteiger partial charge in [0.1, 0.15) is 0 Å². The van der Waals surface area contributed by atoms with Gasteiger partial charge in [0.05, 0.1) is 12.2 Å². The first kappa shape index (κ1) is 19.0. The van der Waals surface area contributed by atoms with Gasteiger partial charge in [-0.1, -0.05) is 48.5 Å². The third-order valence-corrected chi connectivity index (χ3v) is 5.47. The van der Waals surface area contributed by atoms with Crippen LogP contribution in [0.1, 0.15) is 34.5 Å². The minimum Gasteiger partial charge on any atom is -0.361 e. The molecular formula is C24H26N4O. The first-order chi connectivity index (χ1) is 14.1. The molecule has 4 aromatic rings. The lowest BCUT2D eigenvalue weighted by atomic mass is 10.1. The number of nitrogens with one attached hydrogen (secondary N) is 2. The average Bonchev–Trinajstić information content (AvgIpc) is 3.26. The summed E-state index contributed by atoms with van der Waals surface area (Å²) in [6, 6.07) is 18.5. The lowest BCUT2D eigenvalue weighted by molar-refractivity contribution is -0.121. The summed E-state index contributed by atoms with van der Waals surface area (Å²) in [4.78, 5) is 15.7. The molecule has 0 aliphatic carbocycles.